The van der Waals surface area contributed by atoms with E-state index in [2.05, 4.69) is 21.9 Å². The molecule has 0 fully saturated rings. The zero-order chi connectivity index (χ0) is 12.0. The van der Waals surface area contributed by atoms with E-state index in [0.717, 1.165) is 17.1 Å². The summed E-state index contributed by atoms with van der Waals surface area (Å²) in [5.74, 6) is 1.01. The Kier molecular flexibility index (Phi) is 4.72. The number of nitrogen functional groups attached to an aromatic ring is 1. The van der Waals surface area contributed by atoms with Gasteiger partial charge in [0.05, 0.1) is 13.2 Å². The van der Waals surface area contributed by atoms with E-state index in [-0.39, 0.29) is 5.95 Å². The Morgan fingerprint density at radius 3 is 2.94 bits per heavy atom. The molecule has 5 nitrogen and oxygen atoms in total. The molecule has 1 aromatic rings. The third-order valence-corrected chi connectivity index (χ3v) is 1.77. The first kappa shape index (κ1) is 12.4. The molecule has 0 aliphatic rings. The number of hydrogen-bond donors (Lipinski definition) is 2. The maximum absolute atomic E-state index is 5.52. The summed E-state index contributed by atoms with van der Waals surface area (Å²) in [5, 5.41) is 3.11. The van der Waals surface area contributed by atoms with Gasteiger partial charge in [-0.15, -0.1) is 0 Å². The van der Waals surface area contributed by atoms with Crippen molar-refractivity contribution in [3.05, 3.63) is 23.9 Å². The fraction of sp³-hybridized carbons (Fsp3) is 0.455. The first-order chi connectivity index (χ1) is 7.58. The lowest BCUT2D eigenvalue weighted by Crippen LogP contribution is -2.12. The summed E-state index contributed by atoms with van der Waals surface area (Å²) in [7, 11) is 0. The predicted octanol–water partition coefficient (Wildman–Crippen LogP) is 1.37. The van der Waals surface area contributed by atoms with Crippen molar-refractivity contribution >= 4 is 11.8 Å². The monoisotopic (exact) mass is 222 g/mol. The SMILES string of the molecule is C=C(C)COCCNc1cc(C)nc(N)n1. The van der Waals surface area contributed by atoms with Crippen LogP contribution >= 0.6 is 0 Å². The molecule has 0 saturated heterocycles. The van der Waals surface area contributed by atoms with Crippen molar-refractivity contribution in [1.82, 2.24) is 9.97 Å². The smallest absolute Gasteiger partial charge is 0.222 e. The van der Waals surface area contributed by atoms with Gasteiger partial charge in [0.1, 0.15) is 5.82 Å². The highest BCUT2D eigenvalue weighted by molar-refractivity contribution is 5.39. The summed E-state index contributed by atoms with van der Waals surface area (Å²) < 4.78 is 5.34. The molecule has 1 heterocycles. The number of anilines is 2. The molecule has 0 aliphatic heterocycles. The molecule has 16 heavy (non-hydrogen) atoms. The topological polar surface area (TPSA) is 73.1 Å². The van der Waals surface area contributed by atoms with Gasteiger partial charge in [-0.05, 0) is 13.8 Å². The van der Waals surface area contributed by atoms with Gasteiger partial charge in [-0.1, -0.05) is 12.2 Å². The number of aryl methyl sites for hydroxylation is 1. The van der Waals surface area contributed by atoms with Crippen LogP contribution < -0.4 is 11.1 Å². The van der Waals surface area contributed by atoms with Gasteiger partial charge in [0.2, 0.25) is 5.95 Å². The first-order valence-electron chi connectivity index (χ1n) is 5.15. The van der Waals surface area contributed by atoms with E-state index in [0.29, 0.717) is 19.8 Å². The molecular weight excluding hydrogens is 204 g/mol. The number of rotatable bonds is 6. The molecule has 0 aliphatic carbocycles. The van der Waals surface area contributed by atoms with E-state index < -0.39 is 0 Å². The minimum atomic E-state index is 0.283. The van der Waals surface area contributed by atoms with Crippen molar-refractivity contribution in [2.24, 2.45) is 0 Å². The number of nitrogens with one attached hydrogen (secondary N) is 1. The third-order valence-electron chi connectivity index (χ3n) is 1.77. The minimum absolute atomic E-state index is 0.283. The Hall–Kier alpha value is -1.62. The zero-order valence-electron chi connectivity index (χ0n) is 9.79. The standard InChI is InChI=1S/C11H18N4O/c1-8(2)7-16-5-4-13-10-6-9(3)14-11(12)15-10/h6H,1,4-5,7H2,2-3H3,(H3,12,13,14,15). The maximum Gasteiger partial charge on any atom is 0.222 e. The van der Waals surface area contributed by atoms with Gasteiger partial charge >= 0.3 is 0 Å². The molecule has 0 bridgehead atoms. The Balaban J connectivity index is 2.29. The molecule has 0 spiro atoms. The fourth-order valence-electron chi connectivity index (χ4n) is 1.18. The molecule has 1 rings (SSSR count). The lowest BCUT2D eigenvalue weighted by Gasteiger charge is -2.07. The molecule has 3 N–H and O–H groups in total. The van der Waals surface area contributed by atoms with Crippen molar-refractivity contribution in [3.63, 3.8) is 0 Å². The van der Waals surface area contributed by atoms with E-state index in [1.165, 1.54) is 0 Å². The van der Waals surface area contributed by atoms with Crippen LogP contribution in [0.5, 0.6) is 0 Å². The predicted molar refractivity (Wildman–Crippen MR) is 65.3 cm³/mol. The second-order valence-corrected chi connectivity index (χ2v) is 3.69. The largest absolute Gasteiger partial charge is 0.375 e. The van der Waals surface area contributed by atoms with Crippen LogP contribution in [-0.4, -0.2) is 29.7 Å². The lowest BCUT2D eigenvalue weighted by atomic mass is 10.4. The van der Waals surface area contributed by atoms with Gasteiger partial charge in [-0.2, -0.15) is 4.98 Å². The van der Waals surface area contributed by atoms with E-state index in [9.17, 15) is 0 Å². The van der Waals surface area contributed by atoms with Crippen molar-refractivity contribution in [3.8, 4) is 0 Å². The average Bonchev–Trinajstić information content (AvgIpc) is 2.15. The molecule has 5 heteroatoms. The lowest BCUT2D eigenvalue weighted by molar-refractivity contribution is 0.167. The Morgan fingerprint density at radius 2 is 2.31 bits per heavy atom. The van der Waals surface area contributed by atoms with Crippen molar-refractivity contribution in [1.29, 1.82) is 0 Å². The molecule has 0 unspecified atom stereocenters. The zero-order valence-corrected chi connectivity index (χ0v) is 9.79. The van der Waals surface area contributed by atoms with Crippen LogP contribution in [0.25, 0.3) is 0 Å². The molecule has 0 atom stereocenters. The second-order valence-electron chi connectivity index (χ2n) is 3.69. The van der Waals surface area contributed by atoms with E-state index in [1.54, 1.807) is 0 Å². The average molecular weight is 222 g/mol. The Bertz CT molecular complexity index is 345. The van der Waals surface area contributed by atoms with Gasteiger partial charge in [0.15, 0.2) is 0 Å². The maximum atomic E-state index is 5.52. The van der Waals surface area contributed by atoms with E-state index in [4.69, 9.17) is 10.5 Å². The molecular formula is C11H18N4O. The quantitative estimate of drug-likeness (QED) is 0.562. The number of nitrogens with zero attached hydrogens (tertiary/aromatic N) is 2. The van der Waals surface area contributed by atoms with E-state index in [1.807, 2.05) is 19.9 Å². The van der Waals surface area contributed by atoms with Gasteiger partial charge in [0, 0.05) is 18.3 Å². The number of hydrogen-bond acceptors (Lipinski definition) is 5. The molecule has 0 amide bonds. The van der Waals surface area contributed by atoms with Gasteiger partial charge < -0.3 is 15.8 Å². The first-order valence-corrected chi connectivity index (χ1v) is 5.15. The number of aromatic nitrogens is 2. The summed E-state index contributed by atoms with van der Waals surface area (Å²) in [4.78, 5) is 8.03. The van der Waals surface area contributed by atoms with Crippen molar-refractivity contribution < 1.29 is 4.74 Å². The van der Waals surface area contributed by atoms with Gasteiger partial charge in [-0.3, -0.25) is 0 Å². The Labute approximate surface area is 95.7 Å². The van der Waals surface area contributed by atoms with Crippen LogP contribution in [0.3, 0.4) is 0 Å². The highest BCUT2D eigenvalue weighted by Gasteiger charge is 1.98. The molecule has 0 aromatic carbocycles. The summed E-state index contributed by atoms with van der Waals surface area (Å²) in [5.41, 5.74) is 7.39. The number of ether oxygens (including phenoxy) is 1. The number of nitrogens with two attached hydrogens (primary N) is 1. The van der Waals surface area contributed by atoms with Crippen LogP contribution in [0.2, 0.25) is 0 Å². The Morgan fingerprint density at radius 1 is 1.56 bits per heavy atom. The third kappa shape index (κ3) is 4.75. The van der Waals surface area contributed by atoms with Crippen LogP contribution in [0.4, 0.5) is 11.8 Å². The highest BCUT2D eigenvalue weighted by atomic mass is 16.5. The highest BCUT2D eigenvalue weighted by Crippen LogP contribution is 2.06. The molecule has 0 saturated carbocycles. The summed E-state index contributed by atoms with van der Waals surface area (Å²) >= 11 is 0. The molecule has 88 valence electrons. The fourth-order valence-corrected chi connectivity index (χ4v) is 1.18. The van der Waals surface area contributed by atoms with Crippen LogP contribution in [-0.2, 0) is 4.74 Å². The van der Waals surface area contributed by atoms with E-state index >= 15 is 0 Å². The van der Waals surface area contributed by atoms with Gasteiger partial charge in [0.25, 0.3) is 0 Å². The van der Waals surface area contributed by atoms with Crippen LogP contribution in [0.1, 0.15) is 12.6 Å². The van der Waals surface area contributed by atoms with Crippen molar-refractivity contribution in [2.45, 2.75) is 13.8 Å². The summed E-state index contributed by atoms with van der Waals surface area (Å²) in [6.45, 7) is 9.44. The van der Waals surface area contributed by atoms with Crippen LogP contribution in [0, 0.1) is 6.92 Å². The molecule has 1 aromatic heterocycles. The minimum Gasteiger partial charge on any atom is -0.375 e. The summed E-state index contributed by atoms with van der Waals surface area (Å²) in [6.07, 6.45) is 0. The normalized spacial score (nSPS) is 10.1. The van der Waals surface area contributed by atoms with Crippen molar-refractivity contribution in [2.75, 3.05) is 30.8 Å². The second kappa shape index (κ2) is 6.07. The summed E-state index contributed by atoms with van der Waals surface area (Å²) in [6, 6.07) is 1.84. The molecule has 0 radical (unpaired) electrons. The van der Waals surface area contributed by atoms with Crippen LogP contribution in [0.15, 0.2) is 18.2 Å². The van der Waals surface area contributed by atoms with Gasteiger partial charge in [-0.25, -0.2) is 4.98 Å².